The third-order valence-corrected chi connectivity index (χ3v) is 2.26. The minimum absolute atomic E-state index is 0.358. The molecule has 4 nitrogen and oxygen atoms in total. The molecule has 3 N–H and O–H groups in total. The van der Waals surface area contributed by atoms with Crippen LogP contribution in [0.25, 0.3) is 0 Å². The summed E-state index contributed by atoms with van der Waals surface area (Å²) in [5.41, 5.74) is 8.29. The van der Waals surface area contributed by atoms with Crippen molar-refractivity contribution in [1.82, 2.24) is 9.80 Å². The normalized spacial score (nSPS) is 10.4. The Balaban J connectivity index is 0.00000137. The molecule has 0 saturated heterocycles. The van der Waals surface area contributed by atoms with Gasteiger partial charge in [0.1, 0.15) is 5.75 Å². The van der Waals surface area contributed by atoms with Crippen LogP contribution in [-0.2, 0) is 13.1 Å². The second kappa shape index (κ2) is 7.95. The van der Waals surface area contributed by atoms with E-state index in [0.717, 1.165) is 11.1 Å². The van der Waals surface area contributed by atoms with Gasteiger partial charge >= 0.3 is 0 Å². The van der Waals surface area contributed by atoms with Gasteiger partial charge < -0.3 is 20.6 Å². The van der Waals surface area contributed by atoms with Crippen molar-refractivity contribution in [1.29, 1.82) is 0 Å². The third kappa shape index (κ3) is 5.38. The molecule has 4 heteroatoms. The molecule has 104 valence electrons. The fraction of sp³-hybridized carbons (Fsp3) is 0.571. The van der Waals surface area contributed by atoms with Crippen molar-refractivity contribution < 1.29 is 5.11 Å². The number of phenols is 1. The van der Waals surface area contributed by atoms with Crippen molar-refractivity contribution in [3.63, 3.8) is 0 Å². The molecular weight excluding hydrogens is 226 g/mol. The van der Waals surface area contributed by atoms with E-state index in [-0.39, 0.29) is 0 Å². The Morgan fingerprint density at radius 1 is 0.944 bits per heavy atom. The van der Waals surface area contributed by atoms with Gasteiger partial charge in [-0.3, -0.25) is 0 Å². The fourth-order valence-corrected chi connectivity index (χ4v) is 1.71. The van der Waals surface area contributed by atoms with E-state index >= 15 is 0 Å². The molecule has 0 atom stereocenters. The summed E-state index contributed by atoms with van der Waals surface area (Å²) in [4.78, 5) is 4.02. The molecular formula is C14H27N3O. The van der Waals surface area contributed by atoms with Gasteiger partial charge in [0, 0.05) is 29.9 Å². The minimum Gasteiger partial charge on any atom is -0.507 e. The molecule has 1 aromatic rings. The lowest BCUT2D eigenvalue weighted by Crippen LogP contribution is -2.14. The van der Waals surface area contributed by atoms with Gasteiger partial charge in [-0.1, -0.05) is 13.8 Å². The quantitative estimate of drug-likeness (QED) is 0.637. The Morgan fingerprint density at radius 3 is 1.56 bits per heavy atom. The van der Waals surface area contributed by atoms with Gasteiger partial charge in [0.2, 0.25) is 0 Å². The predicted molar refractivity (Wildman–Crippen MR) is 78.6 cm³/mol. The van der Waals surface area contributed by atoms with Crippen molar-refractivity contribution in [2.24, 2.45) is 0 Å². The number of benzene rings is 1. The predicted octanol–water partition coefficient (Wildman–Crippen LogP) is 2.12. The monoisotopic (exact) mass is 253 g/mol. The van der Waals surface area contributed by atoms with Crippen LogP contribution in [-0.4, -0.2) is 43.1 Å². The molecule has 0 radical (unpaired) electrons. The lowest BCUT2D eigenvalue weighted by molar-refractivity contribution is 0.368. The number of anilines is 1. The zero-order chi connectivity index (χ0) is 14.3. The smallest absolute Gasteiger partial charge is 0.124 e. The van der Waals surface area contributed by atoms with Crippen molar-refractivity contribution >= 4 is 5.69 Å². The Bertz CT molecular complexity index is 331. The zero-order valence-electron chi connectivity index (χ0n) is 12.5. The topological polar surface area (TPSA) is 52.7 Å². The van der Waals surface area contributed by atoms with E-state index in [0.29, 0.717) is 24.5 Å². The average molecular weight is 253 g/mol. The van der Waals surface area contributed by atoms with Crippen LogP contribution in [0.1, 0.15) is 25.0 Å². The summed E-state index contributed by atoms with van der Waals surface area (Å²) >= 11 is 0. The van der Waals surface area contributed by atoms with Crippen LogP contribution >= 0.6 is 0 Å². The van der Waals surface area contributed by atoms with Gasteiger partial charge in [-0.25, -0.2) is 0 Å². The summed E-state index contributed by atoms with van der Waals surface area (Å²) in [6.07, 6.45) is 0. The van der Waals surface area contributed by atoms with Gasteiger partial charge in [-0.15, -0.1) is 0 Å². The van der Waals surface area contributed by atoms with Gasteiger partial charge in [-0.2, -0.15) is 0 Å². The van der Waals surface area contributed by atoms with Gasteiger partial charge in [0.25, 0.3) is 0 Å². The molecule has 1 aromatic carbocycles. The molecule has 18 heavy (non-hydrogen) atoms. The minimum atomic E-state index is 0.358. The number of nitrogens with two attached hydrogens (primary N) is 1. The average Bonchev–Trinajstić information content (AvgIpc) is 2.26. The van der Waals surface area contributed by atoms with E-state index in [1.54, 1.807) is 0 Å². The highest BCUT2D eigenvalue weighted by Crippen LogP contribution is 2.27. The van der Waals surface area contributed by atoms with Crippen molar-refractivity contribution in [3.05, 3.63) is 23.3 Å². The Morgan fingerprint density at radius 2 is 1.28 bits per heavy atom. The fourth-order valence-electron chi connectivity index (χ4n) is 1.71. The van der Waals surface area contributed by atoms with Crippen LogP contribution in [0.2, 0.25) is 0 Å². The second-order valence-corrected chi connectivity index (χ2v) is 4.66. The maximum absolute atomic E-state index is 10.1. The first-order valence-electron chi connectivity index (χ1n) is 6.30. The lowest BCUT2D eigenvalue weighted by Gasteiger charge is -2.17. The summed E-state index contributed by atoms with van der Waals surface area (Å²) in [7, 11) is 7.87. The Hall–Kier alpha value is -1.26. The van der Waals surface area contributed by atoms with Crippen LogP contribution in [0, 0.1) is 0 Å². The largest absolute Gasteiger partial charge is 0.507 e. The highest BCUT2D eigenvalue weighted by atomic mass is 16.3. The molecule has 0 saturated carbocycles. The van der Waals surface area contributed by atoms with Crippen molar-refractivity contribution in [2.75, 3.05) is 33.9 Å². The standard InChI is InChI=1S/C12H21N3O.C2H6/c1-14(2)7-9-5-11(13)6-10(12(9)16)8-15(3)4;1-2/h5-6,16H,7-8,13H2,1-4H3;1-2H3. The van der Waals surface area contributed by atoms with Crippen molar-refractivity contribution in [2.45, 2.75) is 26.9 Å². The molecule has 0 heterocycles. The SMILES string of the molecule is CC.CN(C)Cc1cc(N)cc(CN(C)C)c1O. The number of nitrogen functional groups attached to an aromatic ring is 1. The first-order chi connectivity index (χ1) is 8.40. The number of aromatic hydroxyl groups is 1. The van der Waals surface area contributed by atoms with Gasteiger partial charge in [-0.05, 0) is 40.3 Å². The number of nitrogens with zero attached hydrogens (tertiary/aromatic N) is 2. The summed E-state index contributed by atoms with van der Waals surface area (Å²) in [6, 6.07) is 3.66. The number of hydrogen-bond donors (Lipinski definition) is 2. The molecule has 0 unspecified atom stereocenters. The van der Waals surface area contributed by atoms with Crippen LogP contribution in [0.4, 0.5) is 5.69 Å². The van der Waals surface area contributed by atoms with Crippen LogP contribution in [0.15, 0.2) is 12.1 Å². The van der Waals surface area contributed by atoms with E-state index in [9.17, 15) is 5.11 Å². The molecule has 0 spiro atoms. The zero-order valence-corrected chi connectivity index (χ0v) is 12.5. The van der Waals surface area contributed by atoms with E-state index < -0.39 is 0 Å². The van der Waals surface area contributed by atoms with Crippen LogP contribution < -0.4 is 5.73 Å². The number of rotatable bonds is 4. The maximum Gasteiger partial charge on any atom is 0.124 e. The second-order valence-electron chi connectivity index (χ2n) is 4.66. The van der Waals surface area contributed by atoms with E-state index in [1.807, 2.05) is 64.0 Å². The summed E-state index contributed by atoms with van der Waals surface area (Å²) < 4.78 is 0. The highest BCUT2D eigenvalue weighted by Gasteiger charge is 2.10. The van der Waals surface area contributed by atoms with E-state index in [4.69, 9.17) is 5.73 Å². The van der Waals surface area contributed by atoms with Gasteiger partial charge in [0.05, 0.1) is 0 Å². The maximum atomic E-state index is 10.1. The van der Waals surface area contributed by atoms with Gasteiger partial charge in [0.15, 0.2) is 0 Å². The van der Waals surface area contributed by atoms with E-state index in [2.05, 4.69) is 0 Å². The Labute approximate surface area is 111 Å². The van der Waals surface area contributed by atoms with Crippen LogP contribution in [0.5, 0.6) is 5.75 Å². The highest BCUT2D eigenvalue weighted by molar-refractivity contribution is 5.52. The molecule has 0 aliphatic carbocycles. The first kappa shape index (κ1) is 16.7. The number of hydrogen-bond acceptors (Lipinski definition) is 4. The molecule has 0 amide bonds. The summed E-state index contributed by atoms with van der Waals surface area (Å²) in [5, 5.41) is 10.1. The molecule has 0 aliphatic heterocycles. The van der Waals surface area contributed by atoms with Crippen LogP contribution in [0.3, 0.4) is 0 Å². The molecule has 0 fully saturated rings. The Kier molecular flexibility index (Phi) is 7.39. The molecule has 0 bridgehead atoms. The summed E-state index contributed by atoms with van der Waals surface area (Å²) in [5.74, 6) is 0.358. The van der Waals surface area contributed by atoms with Crippen molar-refractivity contribution in [3.8, 4) is 5.75 Å². The summed E-state index contributed by atoms with van der Waals surface area (Å²) in [6.45, 7) is 5.38. The van der Waals surface area contributed by atoms with E-state index in [1.165, 1.54) is 0 Å². The number of phenolic OH excluding ortho intramolecular Hbond substituents is 1. The molecule has 0 aromatic heterocycles. The molecule has 0 aliphatic rings. The third-order valence-electron chi connectivity index (χ3n) is 2.26. The first-order valence-corrected chi connectivity index (χ1v) is 6.30. The molecule has 1 rings (SSSR count). The lowest BCUT2D eigenvalue weighted by atomic mass is 10.1.